The number of carbonyl (C=O) groups excluding carboxylic acids is 1. The molecule has 128 valence electrons. The lowest BCUT2D eigenvalue weighted by Gasteiger charge is -2.26. The maximum absolute atomic E-state index is 12.7. The van der Waals surface area contributed by atoms with E-state index in [4.69, 9.17) is 0 Å². The molecule has 2 aromatic rings. The number of nitrogens with one attached hydrogen (secondary N) is 1. The lowest BCUT2D eigenvalue weighted by molar-refractivity contribution is 0.194. The fourth-order valence-electron chi connectivity index (χ4n) is 3.02. The Morgan fingerprint density at radius 1 is 1.21 bits per heavy atom. The van der Waals surface area contributed by atoms with Crippen molar-refractivity contribution in [3.05, 3.63) is 54.6 Å². The first-order valence-electron chi connectivity index (χ1n) is 8.47. The highest BCUT2D eigenvalue weighted by molar-refractivity contribution is 5.74. The monoisotopic (exact) mass is 327 g/mol. The van der Waals surface area contributed by atoms with Crippen LogP contribution in [-0.2, 0) is 6.54 Å². The smallest absolute Gasteiger partial charge is 0.317 e. The number of carbonyl (C=O) groups is 1. The topological polar surface area (TPSA) is 53.4 Å². The predicted octanol–water partition coefficient (Wildman–Crippen LogP) is 1.97. The molecule has 1 aliphatic rings. The van der Waals surface area contributed by atoms with Crippen LogP contribution < -0.4 is 5.32 Å². The van der Waals surface area contributed by atoms with Crippen molar-refractivity contribution in [2.24, 2.45) is 0 Å². The quantitative estimate of drug-likeness (QED) is 0.934. The Morgan fingerprint density at radius 2 is 2.04 bits per heavy atom. The number of imidazole rings is 1. The summed E-state index contributed by atoms with van der Waals surface area (Å²) < 4.78 is 1.99. The van der Waals surface area contributed by atoms with Crippen molar-refractivity contribution in [2.45, 2.75) is 19.0 Å². The van der Waals surface area contributed by atoms with Crippen LogP contribution in [0, 0.1) is 0 Å². The van der Waals surface area contributed by atoms with Gasteiger partial charge >= 0.3 is 6.03 Å². The second-order valence-corrected chi connectivity index (χ2v) is 6.32. The van der Waals surface area contributed by atoms with Gasteiger partial charge in [-0.3, -0.25) is 0 Å². The average molecular weight is 327 g/mol. The molecule has 1 saturated heterocycles. The van der Waals surface area contributed by atoms with Crippen LogP contribution in [0.2, 0.25) is 0 Å². The van der Waals surface area contributed by atoms with Gasteiger partial charge in [-0.2, -0.15) is 0 Å². The summed E-state index contributed by atoms with van der Waals surface area (Å²) >= 11 is 0. The molecule has 1 aliphatic heterocycles. The van der Waals surface area contributed by atoms with E-state index in [0.29, 0.717) is 6.54 Å². The van der Waals surface area contributed by atoms with E-state index < -0.39 is 0 Å². The van der Waals surface area contributed by atoms with Crippen LogP contribution in [0.1, 0.15) is 18.0 Å². The summed E-state index contributed by atoms with van der Waals surface area (Å²) in [5.74, 6) is 0. The van der Waals surface area contributed by atoms with Crippen LogP contribution in [0.15, 0.2) is 49.1 Å². The van der Waals surface area contributed by atoms with Gasteiger partial charge in [0.25, 0.3) is 0 Å². The van der Waals surface area contributed by atoms with E-state index in [2.05, 4.69) is 34.4 Å². The van der Waals surface area contributed by atoms with Crippen LogP contribution in [-0.4, -0.2) is 58.6 Å². The molecule has 6 heteroatoms. The highest BCUT2D eigenvalue weighted by Gasteiger charge is 2.21. The van der Waals surface area contributed by atoms with Crippen LogP contribution in [0.25, 0.3) is 0 Å². The lowest BCUT2D eigenvalue weighted by atomic mass is 10.1. The van der Waals surface area contributed by atoms with Gasteiger partial charge in [0.1, 0.15) is 0 Å². The van der Waals surface area contributed by atoms with Gasteiger partial charge in [0, 0.05) is 38.6 Å². The van der Waals surface area contributed by atoms with Gasteiger partial charge in [-0.05, 0) is 25.6 Å². The number of amides is 2. The molecular weight excluding hydrogens is 302 g/mol. The molecule has 2 amide bonds. The summed E-state index contributed by atoms with van der Waals surface area (Å²) in [5.41, 5.74) is 1.10. The Kier molecular flexibility index (Phi) is 5.48. The minimum atomic E-state index is -0.0751. The number of aromatic nitrogens is 2. The third-order valence-corrected chi connectivity index (χ3v) is 4.46. The van der Waals surface area contributed by atoms with E-state index in [9.17, 15) is 4.79 Å². The summed E-state index contributed by atoms with van der Waals surface area (Å²) in [5, 5.41) is 3.20. The van der Waals surface area contributed by atoms with Gasteiger partial charge in [-0.25, -0.2) is 9.78 Å². The highest BCUT2D eigenvalue weighted by atomic mass is 16.2. The minimum absolute atomic E-state index is 0.0132. The molecule has 0 unspecified atom stereocenters. The molecule has 1 aromatic heterocycles. The number of nitrogens with zero attached hydrogens (tertiary/aromatic N) is 4. The standard InChI is InChI=1S/C18H25N5O/c1-21-9-5-10-23(13-12-21)18(24)20-17(14-22-11-8-19-15-22)16-6-3-2-4-7-16/h2-4,6-8,11,15,17H,5,9-10,12-14H2,1H3,(H,20,24)/t17-/m0/s1. The molecule has 1 N–H and O–H groups in total. The van der Waals surface area contributed by atoms with E-state index in [1.54, 1.807) is 12.5 Å². The Balaban J connectivity index is 1.70. The van der Waals surface area contributed by atoms with Crippen molar-refractivity contribution in [3.8, 4) is 0 Å². The zero-order valence-corrected chi connectivity index (χ0v) is 14.1. The van der Waals surface area contributed by atoms with Crippen molar-refractivity contribution >= 4 is 6.03 Å². The van der Waals surface area contributed by atoms with E-state index >= 15 is 0 Å². The molecule has 3 rings (SSSR count). The molecular formula is C18H25N5O. The molecule has 0 spiro atoms. The highest BCUT2D eigenvalue weighted by Crippen LogP contribution is 2.16. The third-order valence-electron chi connectivity index (χ3n) is 4.46. The molecule has 0 saturated carbocycles. The minimum Gasteiger partial charge on any atom is -0.335 e. The van der Waals surface area contributed by atoms with Crippen molar-refractivity contribution < 1.29 is 4.79 Å². The fraction of sp³-hybridized carbons (Fsp3) is 0.444. The van der Waals surface area contributed by atoms with Gasteiger partial charge in [0.2, 0.25) is 0 Å². The Morgan fingerprint density at radius 3 is 2.79 bits per heavy atom. The van der Waals surface area contributed by atoms with Crippen molar-refractivity contribution in [1.29, 1.82) is 0 Å². The maximum atomic E-state index is 12.7. The van der Waals surface area contributed by atoms with Crippen LogP contribution in [0.4, 0.5) is 4.79 Å². The molecule has 0 aliphatic carbocycles. The van der Waals surface area contributed by atoms with E-state index in [1.165, 1.54) is 0 Å². The number of hydrogen-bond donors (Lipinski definition) is 1. The summed E-state index contributed by atoms with van der Waals surface area (Å²) in [7, 11) is 2.10. The summed E-state index contributed by atoms with van der Waals surface area (Å²) in [6.07, 6.45) is 6.47. The lowest BCUT2D eigenvalue weighted by Crippen LogP contribution is -2.44. The normalized spacial score (nSPS) is 17.3. The van der Waals surface area contributed by atoms with E-state index in [-0.39, 0.29) is 12.1 Å². The predicted molar refractivity (Wildman–Crippen MR) is 93.6 cm³/mol. The number of rotatable bonds is 4. The van der Waals surface area contributed by atoms with Crippen molar-refractivity contribution in [2.75, 3.05) is 33.2 Å². The number of urea groups is 1. The first kappa shape index (κ1) is 16.5. The molecule has 1 fully saturated rings. The zero-order valence-electron chi connectivity index (χ0n) is 14.1. The molecule has 6 nitrogen and oxygen atoms in total. The largest absolute Gasteiger partial charge is 0.335 e. The molecule has 2 heterocycles. The second kappa shape index (κ2) is 7.97. The number of hydrogen-bond acceptors (Lipinski definition) is 3. The molecule has 1 aromatic carbocycles. The van der Waals surface area contributed by atoms with Gasteiger partial charge in [0.15, 0.2) is 0 Å². The number of benzene rings is 1. The van der Waals surface area contributed by atoms with Crippen molar-refractivity contribution in [3.63, 3.8) is 0 Å². The Hall–Kier alpha value is -2.34. The van der Waals surface area contributed by atoms with Crippen LogP contribution >= 0.6 is 0 Å². The Bertz CT molecular complexity index is 628. The summed E-state index contributed by atoms with van der Waals surface area (Å²) in [6.45, 7) is 4.22. The summed E-state index contributed by atoms with van der Waals surface area (Å²) in [4.78, 5) is 21.0. The molecule has 0 bridgehead atoms. The van der Waals surface area contributed by atoms with E-state index in [0.717, 1.165) is 38.2 Å². The molecule has 24 heavy (non-hydrogen) atoms. The second-order valence-electron chi connectivity index (χ2n) is 6.32. The van der Waals surface area contributed by atoms with Crippen LogP contribution in [0.3, 0.4) is 0 Å². The molecule has 1 atom stereocenters. The third kappa shape index (κ3) is 4.35. The first-order valence-corrected chi connectivity index (χ1v) is 8.47. The maximum Gasteiger partial charge on any atom is 0.317 e. The zero-order chi connectivity index (χ0) is 16.8. The number of likely N-dealkylation sites (N-methyl/N-ethyl adjacent to an activating group) is 1. The van der Waals surface area contributed by atoms with Gasteiger partial charge < -0.3 is 19.7 Å². The SMILES string of the molecule is CN1CCCN(C(=O)N[C@@H](Cn2ccnc2)c2ccccc2)CC1. The van der Waals surface area contributed by atoms with Crippen molar-refractivity contribution in [1.82, 2.24) is 24.7 Å². The Labute approximate surface area is 143 Å². The van der Waals surface area contributed by atoms with Crippen LogP contribution in [0.5, 0.6) is 0 Å². The first-order chi connectivity index (χ1) is 11.7. The average Bonchev–Trinajstić information content (AvgIpc) is 3.01. The summed E-state index contributed by atoms with van der Waals surface area (Å²) in [6, 6.07) is 10.0. The van der Waals surface area contributed by atoms with Gasteiger partial charge in [0.05, 0.1) is 12.4 Å². The fourth-order valence-corrected chi connectivity index (χ4v) is 3.02. The van der Waals surface area contributed by atoms with Gasteiger partial charge in [-0.1, -0.05) is 30.3 Å². The van der Waals surface area contributed by atoms with E-state index in [1.807, 2.05) is 33.9 Å². The van der Waals surface area contributed by atoms with Gasteiger partial charge in [-0.15, -0.1) is 0 Å². The molecule has 0 radical (unpaired) electrons.